The molecule has 0 amide bonds. The highest BCUT2D eigenvalue weighted by molar-refractivity contribution is 5.91. The minimum absolute atomic E-state index is 0.182. The van der Waals surface area contributed by atoms with Crippen molar-refractivity contribution in [2.24, 2.45) is 0 Å². The second kappa shape index (κ2) is 14.7. The summed E-state index contributed by atoms with van der Waals surface area (Å²) < 4.78 is 21.5. The average molecular weight is 479 g/mol. The third-order valence-electron chi connectivity index (χ3n) is 5.68. The smallest absolute Gasteiger partial charge is 0.343 e. The molecule has 35 heavy (non-hydrogen) atoms. The van der Waals surface area contributed by atoms with Crippen LogP contribution in [0.15, 0.2) is 72.3 Å². The highest BCUT2D eigenvalue weighted by Gasteiger charge is 2.11. The molecule has 6 heteroatoms. The zero-order chi connectivity index (χ0) is 24.7. The number of methoxy groups -OCH3 is 1. The molecule has 3 rings (SSSR count). The van der Waals surface area contributed by atoms with Crippen molar-refractivity contribution >= 4 is 11.9 Å². The molecule has 186 valence electrons. The molecular formula is C29H34O6. The van der Waals surface area contributed by atoms with Gasteiger partial charge in [0.25, 0.3) is 0 Å². The van der Waals surface area contributed by atoms with Gasteiger partial charge in [-0.3, -0.25) is 0 Å². The van der Waals surface area contributed by atoms with Gasteiger partial charge in [0.1, 0.15) is 17.2 Å². The molecule has 0 saturated carbocycles. The molecule has 0 spiro atoms. The van der Waals surface area contributed by atoms with E-state index in [4.69, 9.17) is 18.9 Å². The van der Waals surface area contributed by atoms with Crippen molar-refractivity contribution in [3.63, 3.8) is 0 Å². The van der Waals surface area contributed by atoms with Gasteiger partial charge in [0.15, 0.2) is 0 Å². The van der Waals surface area contributed by atoms with E-state index in [0.717, 1.165) is 49.8 Å². The number of ether oxygens (including phenoxy) is 4. The number of carbonyl (C=O) groups excluding carboxylic acids is 2. The summed E-state index contributed by atoms with van der Waals surface area (Å²) in [6, 6.07) is 13.9. The van der Waals surface area contributed by atoms with Gasteiger partial charge in [-0.05, 0) is 67.8 Å². The van der Waals surface area contributed by atoms with Crippen molar-refractivity contribution < 1.29 is 28.5 Å². The van der Waals surface area contributed by atoms with E-state index in [2.05, 4.69) is 0 Å². The van der Waals surface area contributed by atoms with Crippen LogP contribution >= 0.6 is 0 Å². The average Bonchev–Trinajstić information content (AvgIpc) is 3.43. The lowest BCUT2D eigenvalue weighted by molar-refractivity contribution is -0.139. The van der Waals surface area contributed by atoms with Gasteiger partial charge in [0.05, 0.1) is 25.9 Å². The summed E-state index contributed by atoms with van der Waals surface area (Å²) >= 11 is 0. The first-order chi connectivity index (χ1) is 17.2. The van der Waals surface area contributed by atoms with Crippen LogP contribution < -0.4 is 14.2 Å². The first-order valence-corrected chi connectivity index (χ1v) is 12.3. The van der Waals surface area contributed by atoms with E-state index in [1.165, 1.54) is 6.42 Å². The third kappa shape index (κ3) is 9.32. The number of carbonyl (C=O) groups is 2. The topological polar surface area (TPSA) is 71.1 Å². The molecule has 2 aromatic rings. The number of esters is 2. The fraction of sp³-hybridized carbons (Fsp3) is 0.379. The van der Waals surface area contributed by atoms with E-state index in [0.29, 0.717) is 36.7 Å². The van der Waals surface area contributed by atoms with Gasteiger partial charge in [-0.25, -0.2) is 9.59 Å². The minimum Gasteiger partial charge on any atom is -0.497 e. The lowest BCUT2D eigenvalue weighted by atomic mass is 10.1. The van der Waals surface area contributed by atoms with Crippen molar-refractivity contribution in [2.45, 2.75) is 51.4 Å². The van der Waals surface area contributed by atoms with Crippen molar-refractivity contribution in [3.05, 3.63) is 77.9 Å². The van der Waals surface area contributed by atoms with Crippen LogP contribution in [-0.4, -0.2) is 32.3 Å². The van der Waals surface area contributed by atoms with Crippen LogP contribution in [-0.2, 0) is 9.53 Å². The number of unbranched alkanes of at least 4 members (excludes halogenated alkanes) is 6. The highest BCUT2D eigenvalue weighted by atomic mass is 16.5. The van der Waals surface area contributed by atoms with E-state index in [1.54, 1.807) is 55.6 Å². The summed E-state index contributed by atoms with van der Waals surface area (Å²) in [5.41, 5.74) is 1.21. The van der Waals surface area contributed by atoms with Crippen LogP contribution in [0.2, 0.25) is 0 Å². The number of rotatable bonds is 15. The van der Waals surface area contributed by atoms with Gasteiger partial charge in [0.2, 0.25) is 0 Å². The van der Waals surface area contributed by atoms with Gasteiger partial charge in [-0.15, -0.1) is 0 Å². The van der Waals surface area contributed by atoms with Gasteiger partial charge in [0, 0.05) is 5.57 Å². The molecule has 0 bridgehead atoms. The molecule has 0 saturated heterocycles. The van der Waals surface area contributed by atoms with Crippen LogP contribution in [0.25, 0.3) is 0 Å². The number of hydrogen-bond donors (Lipinski definition) is 0. The number of allylic oxidation sites excluding steroid dienone is 3. The lowest BCUT2D eigenvalue weighted by Gasteiger charge is -2.08. The fourth-order valence-electron chi connectivity index (χ4n) is 3.63. The quantitative estimate of drug-likeness (QED) is 0.166. The van der Waals surface area contributed by atoms with E-state index >= 15 is 0 Å². The van der Waals surface area contributed by atoms with Gasteiger partial charge in [-0.1, -0.05) is 50.3 Å². The Morgan fingerprint density at radius 2 is 1.31 bits per heavy atom. The standard InChI is InChI=1S/C29H34O6/c1-32-25-17-19-27(20-18-25)35-29(31)24-13-15-26(16-14-24)33-21-9-5-3-2-4-6-10-22-34-28(30)23-11-7-8-12-23/h7-8,11,13-20H,2-6,9-10,12,21-22H2,1H3. The van der Waals surface area contributed by atoms with Gasteiger partial charge in [-0.2, -0.15) is 0 Å². The molecule has 0 N–H and O–H groups in total. The van der Waals surface area contributed by atoms with E-state index in [9.17, 15) is 9.59 Å². The largest absolute Gasteiger partial charge is 0.497 e. The van der Waals surface area contributed by atoms with Gasteiger partial charge < -0.3 is 18.9 Å². The second-order valence-electron chi connectivity index (χ2n) is 8.37. The van der Waals surface area contributed by atoms with Crippen LogP contribution in [0.3, 0.4) is 0 Å². The summed E-state index contributed by atoms with van der Waals surface area (Å²) in [4.78, 5) is 24.0. The molecule has 2 aromatic carbocycles. The maximum Gasteiger partial charge on any atom is 0.343 e. The van der Waals surface area contributed by atoms with Crippen LogP contribution in [0.1, 0.15) is 61.7 Å². The molecule has 1 aliphatic rings. The highest BCUT2D eigenvalue weighted by Crippen LogP contribution is 2.20. The van der Waals surface area contributed by atoms with E-state index < -0.39 is 5.97 Å². The Morgan fingerprint density at radius 3 is 1.94 bits per heavy atom. The van der Waals surface area contributed by atoms with Crippen molar-refractivity contribution in [2.75, 3.05) is 20.3 Å². The molecule has 0 fully saturated rings. The van der Waals surface area contributed by atoms with Crippen LogP contribution in [0, 0.1) is 0 Å². The first-order valence-electron chi connectivity index (χ1n) is 12.3. The molecule has 0 aliphatic heterocycles. The van der Waals surface area contributed by atoms with Crippen molar-refractivity contribution in [1.29, 1.82) is 0 Å². The minimum atomic E-state index is -0.414. The number of hydrogen-bond acceptors (Lipinski definition) is 6. The van der Waals surface area contributed by atoms with Crippen LogP contribution in [0.4, 0.5) is 0 Å². The Balaban J connectivity index is 1.19. The zero-order valence-corrected chi connectivity index (χ0v) is 20.4. The van der Waals surface area contributed by atoms with E-state index in [1.807, 2.05) is 18.2 Å². The van der Waals surface area contributed by atoms with E-state index in [-0.39, 0.29) is 5.97 Å². The second-order valence-corrected chi connectivity index (χ2v) is 8.37. The SMILES string of the molecule is COc1ccc(OC(=O)c2ccc(OCCCCCCCCCOC(=O)C3=CC=CC3)cc2)cc1. The van der Waals surface area contributed by atoms with Gasteiger partial charge >= 0.3 is 11.9 Å². The first kappa shape index (κ1) is 26.1. The summed E-state index contributed by atoms with van der Waals surface area (Å²) in [6.07, 6.45) is 13.9. The van der Waals surface area contributed by atoms with Crippen molar-refractivity contribution in [3.8, 4) is 17.2 Å². The maximum absolute atomic E-state index is 12.3. The predicted octanol–water partition coefficient (Wildman–Crippen LogP) is 6.45. The summed E-state index contributed by atoms with van der Waals surface area (Å²) in [5, 5.41) is 0. The monoisotopic (exact) mass is 478 g/mol. The molecule has 1 aliphatic carbocycles. The molecule has 0 radical (unpaired) electrons. The Labute approximate surface area is 207 Å². The Bertz CT molecular complexity index is 989. The lowest BCUT2D eigenvalue weighted by Crippen LogP contribution is -2.08. The summed E-state index contributed by atoms with van der Waals surface area (Å²) in [6.45, 7) is 1.15. The normalized spacial score (nSPS) is 12.2. The Kier molecular flexibility index (Phi) is 10.9. The Hall–Kier alpha value is -3.54. The molecule has 6 nitrogen and oxygen atoms in total. The zero-order valence-electron chi connectivity index (χ0n) is 20.4. The summed E-state index contributed by atoms with van der Waals surface area (Å²) in [5.74, 6) is 1.32. The molecular weight excluding hydrogens is 444 g/mol. The summed E-state index contributed by atoms with van der Waals surface area (Å²) in [7, 11) is 1.59. The molecule has 0 aromatic heterocycles. The van der Waals surface area contributed by atoms with Crippen molar-refractivity contribution in [1.82, 2.24) is 0 Å². The molecule has 0 heterocycles. The Morgan fingerprint density at radius 1 is 0.714 bits per heavy atom. The molecule has 0 unspecified atom stereocenters. The van der Waals surface area contributed by atoms with Crippen LogP contribution in [0.5, 0.6) is 17.2 Å². The molecule has 0 atom stereocenters. The third-order valence-corrected chi connectivity index (χ3v) is 5.68. The predicted molar refractivity (Wildman–Crippen MR) is 135 cm³/mol. The fourth-order valence-corrected chi connectivity index (χ4v) is 3.63. The maximum atomic E-state index is 12.3. The number of benzene rings is 2.